The van der Waals surface area contributed by atoms with E-state index >= 15 is 0 Å². The minimum atomic E-state index is 0.0482. The van der Waals surface area contributed by atoms with Crippen molar-refractivity contribution in [1.29, 1.82) is 0 Å². The molecule has 2 aromatic carbocycles. The van der Waals surface area contributed by atoms with Gasteiger partial charge in [0.2, 0.25) is 0 Å². The predicted octanol–water partition coefficient (Wildman–Crippen LogP) is 2.87. The molecule has 0 aliphatic rings. The molecule has 2 rings (SSSR count). The summed E-state index contributed by atoms with van der Waals surface area (Å²) in [6.45, 7) is 0. The topological polar surface area (TPSA) is 71.3 Å². The summed E-state index contributed by atoms with van der Waals surface area (Å²) in [6.07, 6.45) is 1.47. The number of rotatable bonds is 4. The number of hydrogen-bond acceptors (Lipinski definition) is 5. The van der Waals surface area contributed by atoms with Gasteiger partial charge in [-0.2, -0.15) is 0 Å². The maximum atomic E-state index is 9.65. The third kappa shape index (κ3) is 3.00. The standard InChI is InChI=1S/C15H15NO4/c1-19-14-6-3-11(8-15(14)20-2)16-9-10-7-12(17)4-5-13(10)18/h3-9,17-18H,1-2H3. The average molecular weight is 273 g/mol. The van der Waals surface area contributed by atoms with Crippen molar-refractivity contribution in [3.05, 3.63) is 42.0 Å². The molecular formula is C15H15NO4. The molecule has 0 aromatic heterocycles. The van der Waals surface area contributed by atoms with E-state index in [0.717, 1.165) is 0 Å². The number of phenols is 2. The van der Waals surface area contributed by atoms with E-state index in [1.807, 2.05) is 0 Å². The molecule has 5 heteroatoms. The van der Waals surface area contributed by atoms with Crippen molar-refractivity contribution < 1.29 is 19.7 Å². The van der Waals surface area contributed by atoms with Gasteiger partial charge < -0.3 is 19.7 Å². The van der Waals surface area contributed by atoms with Crippen LogP contribution < -0.4 is 9.47 Å². The van der Waals surface area contributed by atoms with Gasteiger partial charge >= 0.3 is 0 Å². The Bertz CT molecular complexity index is 638. The normalized spacial score (nSPS) is 10.7. The molecule has 0 unspecified atom stereocenters. The lowest BCUT2D eigenvalue weighted by atomic mass is 10.2. The SMILES string of the molecule is COc1ccc(N=Cc2cc(O)ccc2O)cc1OC. The second-order valence-corrected chi connectivity index (χ2v) is 4.04. The molecule has 0 aliphatic heterocycles. The van der Waals surface area contributed by atoms with Crippen molar-refractivity contribution >= 4 is 11.9 Å². The van der Waals surface area contributed by atoms with E-state index in [1.165, 1.54) is 24.4 Å². The van der Waals surface area contributed by atoms with Crippen LogP contribution in [0.2, 0.25) is 0 Å². The van der Waals surface area contributed by atoms with Crippen LogP contribution in [-0.2, 0) is 0 Å². The Kier molecular flexibility index (Phi) is 4.10. The van der Waals surface area contributed by atoms with Gasteiger partial charge in [0, 0.05) is 17.8 Å². The first-order valence-electron chi connectivity index (χ1n) is 5.92. The van der Waals surface area contributed by atoms with Gasteiger partial charge in [-0.1, -0.05) is 0 Å². The first-order chi connectivity index (χ1) is 9.63. The maximum Gasteiger partial charge on any atom is 0.162 e. The van der Waals surface area contributed by atoms with Crippen molar-refractivity contribution in [3.63, 3.8) is 0 Å². The lowest BCUT2D eigenvalue weighted by molar-refractivity contribution is 0.355. The van der Waals surface area contributed by atoms with Crippen molar-refractivity contribution in [2.24, 2.45) is 4.99 Å². The van der Waals surface area contributed by atoms with E-state index < -0.39 is 0 Å². The Hall–Kier alpha value is -2.69. The summed E-state index contributed by atoms with van der Waals surface area (Å²) in [5.74, 6) is 1.30. The summed E-state index contributed by atoms with van der Waals surface area (Å²) in [6, 6.07) is 9.47. The van der Waals surface area contributed by atoms with Crippen LogP contribution in [-0.4, -0.2) is 30.6 Å². The monoisotopic (exact) mass is 273 g/mol. The summed E-state index contributed by atoms with van der Waals surface area (Å²) < 4.78 is 10.3. The number of aliphatic imine (C=N–C) groups is 1. The Morgan fingerprint density at radius 3 is 2.40 bits per heavy atom. The Labute approximate surface area is 116 Å². The number of ether oxygens (including phenoxy) is 2. The van der Waals surface area contributed by atoms with Crippen molar-refractivity contribution in [1.82, 2.24) is 0 Å². The smallest absolute Gasteiger partial charge is 0.162 e. The number of aromatic hydroxyl groups is 2. The molecule has 0 atom stereocenters. The van der Waals surface area contributed by atoms with Gasteiger partial charge in [-0.15, -0.1) is 0 Å². The van der Waals surface area contributed by atoms with E-state index in [-0.39, 0.29) is 11.5 Å². The van der Waals surface area contributed by atoms with Gasteiger partial charge in [0.15, 0.2) is 11.5 Å². The Morgan fingerprint density at radius 2 is 1.70 bits per heavy atom. The van der Waals surface area contributed by atoms with Gasteiger partial charge in [0.25, 0.3) is 0 Å². The van der Waals surface area contributed by atoms with Crippen LogP contribution in [0, 0.1) is 0 Å². The number of nitrogens with zero attached hydrogens (tertiary/aromatic N) is 1. The fourth-order valence-corrected chi connectivity index (χ4v) is 1.69. The first kappa shape index (κ1) is 13.7. The molecule has 20 heavy (non-hydrogen) atoms. The molecule has 0 amide bonds. The lowest BCUT2D eigenvalue weighted by Gasteiger charge is -2.07. The summed E-state index contributed by atoms with van der Waals surface area (Å²) in [5.41, 5.74) is 1.07. The number of hydrogen-bond donors (Lipinski definition) is 2. The largest absolute Gasteiger partial charge is 0.508 e. The average Bonchev–Trinajstić information content (AvgIpc) is 2.47. The minimum Gasteiger partial charge on any atom is -0.508 e. The highest BCUT2D eigenvalue weighted by molar-refractivity contribution is 5.86. The maximum absolute atomic E-state index is 9.65. The molecule has 0 bridgehead atoms. The van der Waals surface area contributed by atoms with Crippen LogP contribution >= 0.6 is 0 Å². The van der Waals surface area contributed by atoms with E-state index in [1.54, 1.807) is 32.4 Å². The number of methoxy groups -OCH3 is 2. The van der Waals surface area contributed by atoms with Crippen molar-refractivity contribution in [3.8, 4) is 23.0 Å². The van der Waals surface area contributed by atoms with Crippen LogP contribution in [0.1, 0.15) is 5.56 Å². The van der Waals surface area contributed by atoms with E-state index in [2.05, 4.69) is 4.99 Å². The Morgan fingerprint density at radius 1 is 0.950 bits per heavy atom. The summed E-state index contributed by atoms with van der Waals surface area (Å²) >= 11 is 0. The molecule has 0 saturated carbocycles. The van der Waals surface area contributed by atoms with Gasteiger partial charge in [0.05, 0.1) is 19.9 Å². The van der Waals surface area contributed by atoms with Crippen LogP contribution in [0.3, 0.4) is 0 Å². The minimum absolute atomic E-state index is 0.0482. The van der Waals surface area contributed by atoms with E-state index in [4.69, 9.17) is 9.47 Å². The molecule has 0 saturated heterocycles. The fraction of sp³-hybridized carbons (Fsp3) is 0.133. The molecule has 2 N–H and O–H groups in total. The van der Waals surface area contributed by atoms with Crippen LogP contribution in [0.4, 0.5) is 5.69 Å². The number of benzene rings is 2. The molecule has 0 spiro atoms. The molecule has 0 radical (unpaired) electrons. The highest BCUT2D eigenvalue weighted by atomic mass is 16.5. The highest BCUT2D eigenvalue weighted by Crippen LogP contribution is 2.31. The molecule has 0 fully saturated rings. The quantitative estimate of drug-likeness (QED) is 0.663. The molecule has 5 nitrogen and oxygen atoms in total. The van der Waals surface area contributed by atoms with E-state index in [9.17, 15) is 10.2 Å². The van der Waals surface area contributed by atoms with Gasteiger partial charge in [-0.05, 0) is 30.3 Å². The summed E-state index contributed by atoms with van der Waals surface area (Å²) in [5, 5.41) is 19.0. The molecule has 104 valence electrons. The number of phenolic OH excluding ortho intramolecular Hbond substituents is 2. The van der Waals surface area contributed by atoms with Gasteiger partial charge in [-0.25, -0.2) is 0 Å². The van der Waals surface area contributed by atoms with E-state index in [0.29, 0.717) is 22.7 Å². The zero-order valence-corrected chi connectivity index (χ0v) is 11.2. The molecule has 2 aromatic rings. The summed E-state index contributed by atoms with van der Waals surface area (Å²) in [4.78, 5) is 4.23. The second-order valence-electron chi connectivity index (χ2n) is 4.04. The molecule has 0 heterocycles. The van der Waals surface area contributed by atoms with Gasteiger partial charge in [0.1, 0.15) is 11.5 Å². The third-order valence-electron chi connectivity index (χ3n) is 2.73. The first-order valence-corrected chi connectivity index (χ1v) is 5.92. The fourth-order valence-electron chi connectivity index (χ4n) is 1.69. The highest BCUT2D eigenvalue weighted by Gasteiger charge is 2.04. The zero-order chi connectivity index (χ0) is 14.5. The third-order valence-corrected chi connectivity index (χ3v) is 2.73. The van der Waals surface area contributed by atoms with Gasteiger partial charge in [-0.3, -0.25) is 4.99 Å². The lowest BCUT2D eigenvalue weighted by Crippen LogP contribution is -1.89. The van der Waals surface area contributed by atoms with Crippen molar-refractivity contribution in [2.75, 3.05) is 14.2 Å². The van der Waals surface area contributed by atoms with Crippen molar-refractivity contribution in [2.45, 2.75) is 0 Å². The zero-order valence-electron chi connectivity index (χ0n) is 11.2. The summed E-state index contributed by atoms with van der Waals surface area (Å²) in [7, 11) is 3.11. The molecular weight excluding hydrogens is 258 g/mol. The molecule has 0 aliphatic carbocycles. The Balaban J connectivity index is 2.29. The second kappa shape index (κ2) is 5.97. The van der Waals surface area contributed by atoms with Crippen LogP contribution in [0.15, 0.2) is 41.4 Å². The van der Waals surface area contributed by atoms with Crippen LogP contribution in [0.25, 0.3) is 0 Å². The van der Waals surface area contributed by atoms with Crippen LogP contribution in [0.5, 0.6) is 23.0 Å². The predicted molar refractivity (Wildman–Crippen MR) is 76.6 cm³/mol.